The molecule has 0 bridgehead atoms. The number of carbonyl (C=O) groups excluding carboxylic acids is 1. The number of thiol groups is 1. The van der Waals surface area contributed by atoms with E-state index in [2.05, 4.69) is 17.4 Å². The Hall–Kier alpha value is -0.220. The molecule has 0 unspecified atom stereocenters. The molecule has 60 valence electrons. The second kappa shape index (κ2) is 5.56. The average molecular weight is 164 g/mol. The van der Waals surface area contributed by atoms with Gasteiger partial charge >= 0.3 is 5.97 Å². The highest BCUT2D eigenvalue weighted by atomic mass is 32.1. The van der Waals surface area contributed by atoms with Crippen molar-refractivity contribution in [3.05, 3.63) is 0 Å². The van der Waals surface area contributed by atoms with Crippen molar-refractivity contribution in [2.75, 3.05) is 12.4 Å². The van der Waals surface area contributed by atoms with Gasteiger partial charge in [0.05, 0.1) is 6.61 Å². The molecule has 0 rings (SSSR count). The number of hydrogen-bond acceptors (Lipinski definition) is 4. The molecule has 1 atom stereocenters. The van der Waals surface area contributed by atoms with E-state index in [4.69, 9.17) is 5.73 Å². The number of carbonyl (C=O) groups is 1. The molecular weight excluding hydrogens is 151 g/mol. The molecule has 0 amide bonds. The Kier molecular flexibility index (Phi) is 5.43. The topological polar surface area (TPSA) is 52.3 Å². The Morgan fingerprint density at radius 2 is 2.40 bits per heavy atom. The van der Waals surface area contributed by atoms with E-state index in [-0.39, 0.29) is 5.97 Å². The van der Waals surface area contributed by atoms with Crippen molar-refractivity contribution in [3.8, 4) is 0 Å². The number of hydrogen-bond donors (Lipinski definition) is 2. The van der Waals surface area contributed by atoms with Crippen molar-refractivity contribution in [3.63, 3.8) is 0 Å². The summed E-state index contributed by atoms with van der Waals surface area (Å²) in [6, 6.07) is -0.502. The predicted molar refractivity (Wildman–Crippen MR) is 43.1 cm³/mol. The summed E-state index contributed by atoms with van der Waals surface area (Å²) < 4.78 is 4.66. The van der Waals surface area contributed by atoms with Gasteiger partial charge in [0.15, 0.2) is 0 Å². The first-order valence-corrected chi connectivity index (χ1v) is 3.88. The molecule has 0 radical (unpaired) electrons. The van der Waals surface area contributed by atoms with Crippen LogP contribution < -0.4 is 5.73 Å². The molecule has 0 saturated heterocycles. The van der Waals surface area contributed by atoms with Gasteiger partial charge in [0.2, 0.25) is 0 Å². The summed E-state index contributed by atoms with van der Waals surface area (Å²) in [5.74, 6) is 0.275. The lowest BCUT2D eigenvalue weighted by atomic mass is 10.2. The summed E-state index contributed by atoms with van der Waals surface area (Å²) in [7, 11) is 0. The fourth-order valence-corrected chi connectivity index (χ4v) is 0.784. The van der Waals surface area contributed by atoms with Gasteiger partial charge < -0.3 is 10.5 Å². The Morgan fingerprint density at radius 3 is 2.80 bits per heavy atom. The van der Waals surface area contributed by atoms with Crippen LogP contribution >= 0.6 is 12.6 Å². The third-order valence-corrected chi connectivity index (χ3v) is 1.29. The molecule has 0 aliphatic rings. The maximum atomic E-state index is 10.8. The maximum Gasteiger partial charge on any atom is 0.322 e. The number of rotatable bonds is 4. The van der Waals surface area contributed by atoms with Gasteiger partial charge in [-0.25, -0.2) is 0 Å². The Bertz CT molecular complexity index is 108. The van der Waals surface area contributed by atoms with Gasteiger partial charge in [-0.15, -0.1) is 0 Å². The smallest absolute Gasteiger partial charge is 0.322 e. The molecule has 0 spiro atoms. The summed E-state index contributed by atoms with van der Waals surface area (Å²) in [6.07, 6.45) is 0.571. The minimum absolute atomic E-state index is 0.337. The molecule has 0 aromatic heterocycles. The zero-order valence-electron chi connectivity index (χ0n) is 6.04. The van der Waals surface area contributed by atoms with Crippen molar-refractivity contribution in [2.24, 2.45) is 5.73 Å². The minimum atomic E-state index is -0.502. The van der Waals surface area contributed by atoms with Crippen LogP contribution in [0.5, 0.6) is 0 Å². The molecule has 10 heavy (non-hydrogen) atoms. The first-order chi connectivity index (χ1) is 4.72. The summed E-state index contributed by atoms with van der Waals surface area (Å²) in [4.78, 5) is 10.8. The van der Waals surface area contributed by atoms with E-state index in [1.165, 1.54) is 0 Å². The summed E-state index contributed by atoms with van der Waals surface area (Å²) >= 11 is 3.93. The Labute approximate surface area is 66.3 Å². The maximum absolute atomic E-state index is 10.8. The van der Waals surface area contributed by atoms with Crippen molar-refractivity contribution in [1.29, 1.82) is 0 Å². The summed E-state index contributed by atoms with van der Waals surface area (Å²) in [6.45, 7) is 2.14. The van der Waals surface area contributed by atoms with E-state index in [9.17, 15) is 4.79 Å². The lowest BCUT2D eigenvalue weighted by Gasteiger charge is -2.07. The molecule has 3 nitrogen and oxygen atoms in total. The van der Waals surface area contributed by atoms with Crippen LogP contribution in [0.15, 0.2) is 0 Å². The molecule has 2 N–H and O–H groups in total. The van der Waals surface area contributed by atoms with E-state index < -0.39 is 6.04 Å². The highest BCUT2D eigenvalue weighted by Crippen LogP contribution is 1.93. The second-order valence-electron chi connectivity index (χ2n) is 1.87. The monoisotopic (exact) mass is 164 g/mol. The van der Waals surface area contributed by atoms with E-state index in [1.54, 1.807) is 6.92 Å². The highest BCUT2D eigenvalue weighted by Gasteiger charge is 2.12. The molecule has 0 aliphatic heterocycles. The van der Waals surface area contributed by atoms with E-state index in [0.29, 0.717) is 18.8 Å². The van der Waals surface area contributed by atoms with E-state index in [0.717, 1.165) is 0 Å². The lowest BCUT2D eigenvalue weighted by molar-refractivity contribution is -0.144. The van der Waals surface area contributed by atoms with Gasteiger partial charge in [-0.3, -0.25) is 4.79 Å². The molecule has 0 aromatic rings. The molecule has 0 aliphatic carbocycles. The highest BCUT2D eigenvalue weighted by molar-refractivity contribution is 7.80. The zero-order chi connectivity index (χ0) is 7.98. The first-order valence-electron chi connectivity index (χ1n) is 3.25. The summed E-state index contributed by atoms with van der Waals surface area (Å²) in [5, 5.41) is 0. The van der Waals surface area contributed by atoms with Crippen LogP contribution in [-0.4, -0.2) is 24.4 Å². The first kappa shape index (κ1) is 9.78. The fraction of sp³-hybridized carbons (Fsp3) is 0.833. The van der Waals surface area contributed by atoms with Crippen LogP contribution in [0.3, 0.4) is 0 Å². The number of esters is 1. The van der Waals surface area contributed by atoms with Crippen molar-refractivity contribution >= 4 is 18.6 Å². The van der Waals surface area contributed by atoms with Crippen LogP contribution in [0.4, 0.5) is 0 Å². The second-order valence-corrected chi connectivity index (χ2v) is 2.32. The standard InChI is InChI=1S/C6H13NO2S/c1-2-9-6(8)5(7)3-4-10/h5,10H,2-4,7H2,1H3/t5-/m0/s1/i2+1. The van der Waals surface area contributed by atoms with Gasteiger partial charge in [0.25, 0.3) is 0 Å². The molecular formula is C6H13NO2S. The van der Waals surface area contributed by atoms with E-state index >= 15 is 0 Å². The Morgan fingerprint density at radius 1 is 1.80 bits per heavy atom. The van der Waals surface area contributed by atoms with Crippen molar-refractivity contribution < 1.29 is 9.53 Å². The molecule has 0 aromatic carbocycles. The SMILES string of the molecule is C[13CH2]OC(=O)[C@@H](N)CCS. The van der Waals surface area contributed by atoms with Crippen LogP contribution in [0, 0.1) is 0 Å². The predicted octanol–water partition coefficient (Wildman–Crippen LogP) is 0.197. The quantitative estimate of drug-likeness (QED) is 0.354. The van der Waals surface area contributed by atoms with Gasteiger partial charge in [0.1, 0.15) is 6.04 Å². The van der Waals surface area contributed by atoms with Crippen molar-refractivity contribution in [2.45, 2.75) is 19.4 Å². The molecule has 4 heteroatoms. The van der Waals surface area contributed by atoms with Crippen molar-refractivity contribution in [1.82, 2.24) is 0 Å². The van der Waals surface area contributed by atoms with Gasteiger partial charge in [-0.1, -0.05) is 0 Å². The summed E-state index contributed by atoms with van der Waals surface area (Å²) in [5.41, 5.74) is 5.39. The molecule has 0 saturated carbocycles. The van der Waals surface area contributed by atoms with Crippen LogP contribution in [0.1, 0.15) is 13.3 Å². The third-order valence-electron chi connectivity index (χ3n) is 1.03. The van der Waals surface area contributed by atoms with Crippen LogP contribution in [0.2, 0.25) is 0 Å². The number of nitrogens with two attached hydrogens (primary N) is 1. The molecule has 0 fully saturated rings. The van der Waals surface area contributed by atoms with Crippen LogP contribution in [0.25, 0.3) is 0 Å². The van der Waals surface area contributed by atoms with Crippen LogP contribution in [-0.2, 0) is 9.53 Å². The van der Waals surface area contributed by atoms with Gasteiger partial charge in [-0.05, 0) is 19.1 Å². The van der Waals surface area contributed by atoms with E-state index in [1.807, 2.05) is 0 Å². The average Bonchev–Trinajstić information content (AvgIpc) is 1.89. The normalized spacial score (nSPS) is 12.7. The van der Waals surface area contributed by atoms with Gasteiger partial charge in [0, 0.05) is 0 Å². The largest absolute Gasteiger partial charge is 0.465 e. The van der Waals surface area contributed by atoms with Gasteiger partial charge in [-0.2, -0.15) is 12.6 Å². The minimum Gasteiger partial charge on any atom is -0.465 e. The fourth-order valence-electron chi connectivity index (χ4n) is 0.506. The number of ether oxygens (including phenoxy) is 1. The lowest BCUT2D eigenvalue weighted by Crippen LogP contribution is -2.32. The zero-order valence-corrected chi connectivity index (χ0v) is 6.93. The Balaban J connectivity index is 3.49. The third kappa shape index (κ3) is 3.74. The molecule has 0 heterocycles.